The van der Waals surface area contributed by atoms with Crippen molar-refractivity contribution >= 4 is 22.3 Å². The highest BCUT2D eigenvalue weighted by atomic mass is 32.1. The molecule has 1 aromatic carbocycles. The van der Waals surface area contributed by atoms with E-state index in [0.717, 1.165) is 16.0 Å². The highest BCUT2D eigenvalue weighted by Gasteiger charge is 2.23. The summed E-state index contributed by atoms with van der Waals surface area (Å²) in [7, 11) is 0. The molecule has 2 rings (SSSR count). The van der Waals surface area contributed by atoms with Crippen LogP contribution < -0.4 is 5.73 Å². The Balaban J connectivity index is 2.53. The maximum Gasteiger partial charge on any atom is 0.342 e. The standard InChI is InChI=1S/C15H16FNO2S/c1-8(2)19-15(18)13-12(9(3)20-14(13)17)10-4-6-11(16)7-5-10/h4-8H,17H2,1-3H3. The summed E-state index contributed by atoms with van der Waals surface area (Å²) in [5, 5.41) is 0.424. The maximum absolute atomic E-state index is 13.0. The van der Waals surface area contributed by atoms with E-state index in [1.165, 1.54) is 23.5 Å². The van der Waals surface area contributed by atoms with E-state index in [0.29, 0.717) is 10.6 Å². The summed E-state index contributed by atoms with van der Waals surface area (Å²) in [6, 6.07) is 5.99. The summed E-state index contributed by atoms with van der Waals surface area (Å²) >= 11 is 1.33. The van der Waals surface area contributed by atoms with Gasteiger partial charge in [0.1, 0.15) is 16.4 Å². The van der Waals surface area contributed by atoms with Crippen LogP contribution in [-0.2, 0) is 4.74 Å². The smallest absolute Gasteiger partial charge is 0.342 e. The molecule has 3 nitrogen and oxygen atoms in total. The van der Waals surface area contributed by atoms with Crippen LogP contribution in [0.15, 0.2) is 24.3 Å². The molecular weight excluding hydrogens is 277 g/mol. The van der Waals surface area contributed by atoms with Crippen molar-refractivity contribution in [2.24, 2.45) is 0 Å². The Morgan fingerprint density at radius 3 is 2.45 bits per heavy atom. The molecule has 0 fully saturated rings. The molecule has 0 aliphatic carbocycles. The van der Waals surface area contributed by atoms with Gasteiger partial charge in [-0.25, -0.2) is 9.18 Å². The van der Waals surface area contributed by atoms with Crippen LogP contribution in [-0.4, -0.2) is 12.1 Å². The van der Waals surface area contributed by atoms with Gasteiger partial charge in [0.05, 0.1) is 6.10 Å². The molecule has 0 aliphatic heterocycles. The Kier molecular flexibility index (Phi) is 4.09. The van der Waals surface area contributed by atoms with Gasteiger partial charge in [-0.2, -0.15) is 0 Å². The second kappa shape index (κ2) is 5.63. The molecule has 0 atom stereocenters. The number of thiophene rings is 1. The van der Waals surface area contributed by atoms with E-state index < -0.39 is 5.97 Å². The van der Waals surface area contributed by atoms with Gasteiger partial charge >= 0.3 is 5.97 Å². The summed E-state index contributed by atoms with van der Waals surface area (Å²) in [6.45, 7) is 5.45. The number of hydrogen-bond acceptors (Lipinski definition) is 4. The van der Waals surface area contributed by atoms with Crippen molar-refractivity contribution in [3.05, 3.63) is 40.5 Å². The van der Waals surface area contributed by atoms with Crippen molar-refractivity contribution in [2.75, 3.05) is 5.73 Å². The number of aryl methyl sites for hydroxylation is 1. The van der Waals surface area contributed by atoms with Crippen molar-refractivity contribution in [1.82, 2.24) is 0 Å². The zero-order chi connectivity index (χ0) is 14.9. The molecule has 0 bridgehead atoms. The van der Waals surface area contributed by atoms with Gasteiger partial charge in [0.25, 0.3) is 0 Å². The lowest BCUT2D eigenvalue weighted by atomic mass is 10.0. The first kappa shape index (κ1) is 14.5. The number of carbonyl (C=O) groups is 1. The van der Waals surface area contributed by atoms with Gasteiger partial charge in [-0.1, -0.05) is 12.1 Å². The second-order valence-corrected chi connectivity index (χ2v) is 5.99. The molecule has 0 amide bonds. The van der Waals surface area contributed by atoms with Gasteiger partial charge in [0.2, 0.25) is 0 Å². The summed E-state index contributed by atoms with van der Waals surface area (Å²) in [6.07, 6.45) is -0.219. The van der Waals surface area contributed by atoms with Gasteiger partial charge in [-0.05, 0) is 38.5 Å². The number of benzene rings is 1. The van der Waals surface area contributed by atoms with E-state index in [1.807, 2.05) is 6.92 Å². The van der Waals surface area contributed by atoms with Gasteiger partial charge < -0.3 is 10.5 Å². The van der Waals surface area contributed by atoms with Crippen LogP contribution in [0.5, 0.6) is 0 Å². The van der Waals surface area contributed by atoms with Crippen LogP contribution in [0.1, 0.15) is 29.1 Å². The number of esters is 1. The lowest BCUT2D eigenvalue weighted by Crippen LogP contribution is -2.13. The van der Waals surface area contributed by atoms with Gasteiger partial charge in [-0.15, -0.1) is 11.3 Å². The van der Waals surface area contributed by atoms with E-state index in [2.05, 4.69) is 0 Å². The average Bonchev–Trinajstić information content (AvgIpc) is 2.64. The molecule has 1 aromatic heterocycles. The predicted octanol–water partition coefficient (Wildman–Crippen LogP) is 4.01. The Morgan fingerprint density at radius 2 is 1.90 bits per heavy atom. The molecule has 2 N–H and O–H groups in total. The fraction of sp³-hybridized carbons (Fsp3) is 0.267. The molecule has 1 heterocycles. The summed E-state index contributed by atoms with van der Waals surface area (Å²) < 4.78 is 18.3. The number of anilines is 1. The van der Waals surface area contributed by atoms with Crippen LogP contribution >= 0.6 is 11.3 Å². The van der Waals surface area contributed by atoms with Crippen molar-refractivity contribution in [3.63, 3.8) is 0 Å². The Labute approximate surface area is 121 Å². The van der Waals surface area contributed by atoms with Crippen molar-refractivity contribution in [3.8, 4) is 11.1 Å². The first-order valence-corrected chi connectivity index (χ1v) is 7.07. The number of ether oxygens (including phenoxy) is 1. The SMILES string of the molecule is Cc1sc(N)c(C(=O)OC(C)C)c1-c1ccc(F)cc1. The lowest BCUT2D eigenvalue weighted by Gasteiger charge is -2.10. The largest absolute Gasteiger partial charge is 0.459 e. The van der Waals surface area contributed by atoms with Gasteiger partial charge in [0.15, 0.2) is 0 Å². The number of carbonyl (C=O) groups excluding carboxylic acids is 1. The first-order chi connectivity index (χ1) is 9.40. The number of hydrogen-bond donors (Lipinski definition) is 1. The van der Waals surface area contributed by atoms with E-state index in [9.17, 15) is 9.18 Å². The molecule has 0 unspecified atom stereocenters. The normalized spacial score (nSPS) is 10.8. The lowest BCUT2D eigenvalue weighted by molar-refractivity contribution is 0.0380. The van der Waals surface area contributed by atoms with Crippen LogP contribution in [0.4, 0.5) is 9.39 Å². The minimum Gasteiger partial charge on any atom is -0.459 e. The maximum atomic E-state index is 13.0. The molecule has 20 heavy (non-hydrogen) atoms. The third-order valence-corrected chi connectivity index (χ3v) is 3.73. The molecule has 0 saturated heterocycles. The van der Waals surface area contributed by atoms with E-state index in [-0.39, 0.29) is 11.9 Å². The third kappa shape index (κ3) is 2.82. The summed E-state index contributed by atoms with van der Waals surface area (Å²) in [5.74, 6) is -0.762. The number of nitrogens with two attached hydrogens (primary N) is 1. The fourth-order valence-electron chi connectivity index (χ4n) is 2.01. The third-order valence-electron chi connectivity index (χ3n) is 2.79. The van der Waals surface area contributed by atoms with Crippen LogP contribution in [0.2, 0.25) is 0 Å². The summed E-state index contributed by atoms with van der Waals surface area (Å²) in [5.41, 5.74) is 7.78. The first-order valence-electron chi connectivity index (χ1n) is 6.26. The molecule has 0 aliphatic rings. The Bertz CT molecular complexity index is 632. The minimum atomic E-state index is -0.443. The highest BCUT2D eigenvalue weighted by molar-refractivity contribution is 7.16. The molecule has 5 heteroatoms. The average molecular weight is 293 g/mol. The fourth-order valence-corrected chi connectivity index (χ4v) is 2.95. The van der Waals surface area contributed by atoms with Crippen molar-refractivity contribution < 1.29 is 13.9 Å². The van der Waals surface area contributed by atoms with Crippen molar-refractivity contribution in [1.29, 1.82) is 0 Å². The zero-order valence-corrected chi connectivity index (χ0v) is 12.4. The monoisotopic (exact) mass is 293 g/mol. The topological polar surface area (TPSA) is 52.3 Å². The van der Waals surface area contributed by atoms with Gasteiger partial charge in [-0.3, -0.25) is 0 Å². The number of rotatable bonds is 3. The van der Waals surface area contributed by atoms with Crippen LogP contribution in [0, 0.1) is 12.7 Å². The van der Waals surface area contributed by atoms with Crippen LogP contribution in [0.3, 0.4) is 0 Å². The molecular formula is C15H16FNO2S. The predicted molar refractivity (Wildman–Crippen MR) is 79.4 cm³/mol. The number of halogens is 1. The van der Waals surface area contributed by atoms with Gasteiger partial charge in [0, 0.05) is 10.4 Å². The minimum absolute atomic E-state index is 0.219. The summed E-state index contributed by atoms with van der Waals surface area (Å²) in [4.78, 5) is 13.1. The molecule has 106 valence electrons. The Hall–Kier alpha value is -1.88. The molecule has 0 saturated carbocycles. The van der Waals surface area contributed by atoms with E-state index in [1.54, 1.807) is 26.0 Å². The van der Waals surface area contributed by atoms with Crippen LogP contribution in [0.25, 0.3) is 11.1 Å². The van der Waals surface area contributed by atoms with E-state index in [4.69, 9.17) is 10.5 Å². The van der Waals surface area contributed by atoms with E-state index >= 15 is 0 Å². The quantitative estimate of drug-likeness (QED) is 0.870. The zero-order valence-electron chi connectivity index (χ0n) is 11.6. The van der Waals surface area contributed by atoms with Crippen molar-refractivity contribution in [2.45, 2.75) is 26.9 Å². The second-order valence-electron chi connectivity index (χ2n) is 4.73. The molecule has 0 radical (unpaired) electrons. The molecule has 2 aromatic rings. The molecule has 0 spiro atoms. The Morgan fingerprint density at radius 1 is 1.30 bits per heavy atom. The highest BCUT2D eigenvalue weighted by Crippen LogP contribution is 2.38. The number of nitrogen functional groups attached to an aromatic ring is 1.